The highest BCUT2D eigenvalue weighted by Crippen LogP contribution is 2.29. The maximum absolute atomic E-state index is 12.0. The lowest BCUT2D eigenvalue weighted by molar-refractivity contribution is -0.146. The van der Waals surface area contributed by atoms with E-state index in [0.717, 1.165) is 19.3 Å². The molecule has 0 spiro atoms. The van der Waals surface area contributed by atoms with Gasteiger partial charge >= 0.3 is 5.97 Å². The Hall–Kier alpha value is -1.49. The normalized spacial score (nSPS) is 17.3. The molecular formula is C18H25NO3S. The standard InChI is InChI=1S/C18H25NO3S/c1-18(2,3)23-12-17(21)22-11-16(20)19-15-10-6-8-13-7-4-5-9-14(13)15/h4-5,7,9,15H,6,8,10-12H2,1-3H3,(H,19,20)/t15-/m1/s1. The molecule has 0 aromatic heterocycles. The number of fused-ring (bicyclic) bond motifs is 1. The highest BCUT2D eigenvalue weighted by Gasteiger charge is 2.22. The molecule has 4 nitrogen and oxygen atoms in total. The summed E-state index contributed by atoms with van der Waals surface area (Å²) in [5, 5.41) is 2.98. The van der Waals surface area contributed by atoms with Crippen molar-refractivity contribution < 1.29 is 14.3 Å². The quantitative estimate of drug-likeness (QED) is 0.839. The third-order valence-corrected chi connectivity index (χ3v) is 4.94. The van der Waals surface area contributed by atoms with Crippen LogP contribution in [-0.4, -0.2) is 29.0 Å². The number of benzene rings is 1. The maximum atomic E-state index is 12.0. The number of rotatable bonds is 5. The molecule has 1 aromatic rings. The third kappa shape index (κ3) is 5.90. The lowest BCUT2D eigenvalue weighted by Gasteiger charge is -2.26. The second-order valence-corrected chi connectivity index (χ2v) is 8.57. The summed E-state index contributed by atoms with van der Waals surface area (Å²) in [5.41, 5.74) is 2.48. The minimum Gasteiger partial charge on any atom is -0.455 e. The van der Waals surface area contributed by atoms with Crippen LogP contribution in [0.15, 0.2) is 24.3 Å². The van der Waals surface area contributed by atoms with Crippen LogP contribution in [0.4, 0.5) is 0 Å². The summed E-state index contributed by atoms with van der Waals surface area (Å²) in [6, 6.07) is 8.21. The van der Waals surface area contributed by atoms with Gasteiger partial charge in [-0.2, -0.15) is 0 Å². The molecule has 1 atom stereocenters. The molecule has 0 heterocycles. The molecule has 1 aliphatic carbocycles. The molecule has 0 unspecified atom stereocenters. The van der Waals surface area contributed by atoms with E-state index in [0.29, 0.717) is 0 Å². The molecule has 0 saturated carbocycles. The van der Waals surface area contributed by atoms with E-state index in [-0.39, 0.29) is 35.0 Å². The molecule has 2 rings (SSSR count). The van der Waals surface area contributed by atoms with E-state index in [1.807, 2.05) is 32.9 Å². The number of ether oxygens (including phenoxy) is 1. The smallest absolute Gasteiger partial charge is 0.316 e. The monoisotopic (exact) mass is 335 g/mol. The molecule has 1 aliphatic rings. The fraction of sp³-hybridized carbons (Fsp3) is 0.556. The Morgan fingerprint density at radius 3 is 2.78 bits per heavy atom. The lowest BCUT2D eigenvalue weighted by atomic mass is 9.88. The first kappa shape index (κ1) is 17.9. The number of nitrogens with one attached hydrogen (secondary N) is 1. The highest BCUT2D eigenvalue weighted by molar-refractivity contribution is 8.01. The zero-order chi connectivity index (χ0) is 16.9. The second-order valence-electron chi connectivity index (χ2n) is 6.77. The van der Waals surface area contributed by atoms with Crippen molar-refractivity contribution in [3.05, 3.63) is 35.4 Å². The van der Waals surface area contributed by atoms with Gasteiger partial charge in [-0.3, -0.25) is 9.59 Å². The summed E-state index contributed by atoms with van der Waals surface area (Å²) < 4.78 is 5.06. The lowest BCUT2D eigenvalue weighted by Crippen LogP contribution is -2.34. The van der Waals surface area contributed by atoms with E-state index in [1.54, 1.807) is 0 Å². The Bertz CT molecular complexity index is 566. The first-order chi connectivity index (χ1) is 10.8. The predicted octanol–water partition coefficient (Wildman–Crippen LogP) is 3.26. The average Bonchev–Trinajstić information content (AvgIpc) is 2.50. The van der Waals surface area contributed by atoms with Crippen molar-refractivity contribution in [1.29, 1.82) is 0 Å². The third-order valence-electron chi connectivity index (χ3n) is 3.69. The van der Waals surface area contributed by atoms with Gasteiger partial charge in [0.2, 0.25) is 0 Å². The van der Waals surface area contributed by atoms with Crippen LogP contribution in [0.2, 0.25) is 0 Å². The maximum Gasteiger partial charge on any atom is 0.316 e. The molecule has 0 fully saturated rings. The molecular weight excluding hydrogens is 310 g/mol. The van der Waals surface area contributed by atoms with Crippen molar-refractivity contribution in [3.8, 4) is 0 Å². The minimum atomic E-state index is -0.343. The van der Waals surface area contributed by atoms with Crippen molar-refractivity contribution in [2.45, 2.75) is 50.8 Å². The first-order valence-electron chi connectivity index (χ1n) is 8.02. The first-order valence-corrected chi connectivity index (χ1v) is 9.00. The Morgan fingerprint density at radius 2 is 2.04 bits per heavy atom. The Labute approximate surface area is 142 Å². The van der Waals surface area contributed by atoms with Crippen LogP contribution in [0.3, 0.4) is 0 Å². The number of thioether (sulfide) groups is 1. The molecule has 23 heavy (non-hydrogen) atoms. The highest BCUT2D eigenvalue weighted by atomic mass is 32.2. The topological polar surface area (TPSA) is 55.4 Å². The minimum absolute atomic E-state index is 0.00703. The van der Waals surface area contributed by atoms with Gasteiger partial charge in [0.25, 0.3) is 5.91 Å². The molecule has 126 valence electrons. The van der Waals surface area contributed by atoms with Crippen LogP contribution in [0.25, 0.3) is 0 Å². The fourth-order valence-corrected chi connectivity index (χ4v) is 3.24. The van der Waals surface area contributed by atoms with E-state index < -0.39 is 0 Å². The Balaban J connectivity index is 1.79. The fourth-order valence-electron chi connectivity index (χ4n) is 2.60. The van der Waals surface area contributed by atoms with Crippen LogP contribution >= 0.6 is 11.8 Å². The van der Waals surface area contributed by atoms with Crippen LogP contribution < -0.4 is 5.32 Å². The van der Waals surface area contributed by atoms with Gasteiger partial charge in [-0.15, -0.1) is 11.8 Å². The molecule has 0 bridgehead atoms. The summed E-state index contributed by atoms with van der Waals surface area (Å²) in [4.78, 5) is 23.7. The second kappa shape index (κ2) is 7.86. The van der Waals surface area contributed by atoms with Crippen LogP contribution in [0.5, 0.6) is 0 Å². The largest absolute Gasteiger partial charge is 0.455 e. The molecule has 0 aliphatic heterocycles. The Morgan fingerprint density at radius 1 is 1.30 bits per heavy atom. The summed E-state index contributed by atoms with van der Waals surface area (Å²) in [6.45, 7) is 5.91. The molecule has 1 amide bonds. The molecule has 0 radical (unpaired) electrons. The number of hydrogen-bond donors (Lipinski definition) is 1. The SMILES string of the molecule is CC(C)(C)SCC(=O)OCC(=O)N[C@@H]1CCCc2ccccc21. The summed E-state index contributed by atoms with van der Waals surface area (Å²) in [6.07, 6.45) is 3.04. The van der Waals surface area contributed by atoms with E-state index in [9.17, 15) is 9.59 Å². The number of carbonyl (C=O) groups excluding carboxylic acids is 2. The molecule has 0 saturated heterocycles. The van der Waals surface area contributed by atoms with E-state index >= 15 is 0 Å². The van der Waals surface area contributed by atoms with Gasteiger partial charge in [0.05, 0.1) is 11.8 Å². The van der Waals surface area contributed by atoms with Crippen molar-refractivity contribution in [1.82, 2.24) is 5.32 Å². The van der Waals surface area contributed by atoms with Gasteiger partial charge in [-0.1, -0.05) is 45.0 Å². The van der Waals surface area contributed by atoms with Crippen LogP contribution in [-0.2, 0) is 20.7 Å². The van der Waals surface area contributed by atoms with Crippen molar-refractivity contribution in [2.75, 3.05) is 12.4 Å². The number of amides is 1. The Kier molecular flexibility index (Phi) is 6.10. The van der Waals surface area contributed by atoms with E-state index in [2.05, 4.69) is 17.4 Å². The predicted molar refractivity (Wildman–Crippen MR) is 93.4 cm³/mol. The van der Waals surface area contributed by atoms with Gasteiger partial charge in [0.1, 0.15) is 0 Å². The molecule has 5 heteroatoms. The number of hydrogen-bond acceptors (Lipinski definition) is 4. The van der Waals surface area contributed by atoms with Crippen molar-refractivity contribution in [3.63, 3.8) is 0 Å². The van der Waals surface area contributed by atoms with Crippen LogP contribution in [0.1, 0.15) is 50.8 Å². The van der Waals surface area contributed by atoms with Crippen molar-refractivity contribution in [2.24, 2.45) is 0 Å². The zero-order valence-electron chi connectivity index (χ0n) is 14.1. The van der Waals surface area contributed by atoms with Gasteiger partial charge in [0.15, 0.2) is 6.61 Å². The number of esters is 1. The summed E-state index contributed by atoms with van der Waals surface area (Å²) >= 11 is 1.51. The van der Waals surface area contributed by atoms with Gasteiger partial charge < -0.3 is 10.1 Å². The van der Waals surface area contributed by atoms with Crippen LogP contribution in [0, 0.1) is 0 Å². The average molecular weight is 335 g/mol. The summed E-state index contributed by atoms with van der Waals surface area (Å²) in [7, 11) is 0. The summed E-state index contributed by atoms with van der Waals surface area (Å²) in [5.74, 6) is -0.312. The molecule has 1 N–H and O–H groups in total. The van der Waals surface area contributed by atoms with Crippen molar-refractivity contribution >= 4 is 23.6 Å². The van der Waals surface area contributed by atoms with Gasteiger partial charge in [0, 0.05) is 4.75 Å². The molecule has 1 aromatic carbocycles. The van der Waals surface area contributed by atoms with E-state index in [1.165, 1.54) is 22.9 Å². The van der Waals surface area contributed by atoms with E-state index in [4.69, 9.17) is 4.74 Å². The van der Waals surface area contributed by atoms with Gasteiger partial charge in [-0.25, -0.2) is 0 Å². The zero-order valence-corrected chi connectivity index (χ0v) is 14.9. The number of carbonyl (C=O) groups is 2. The number of aryl methyl sites for hydroxylation is 1. The van der Waals surface area contributed by atoms with Gasteiger partial charge in [-0.05, 0) is 30.4 Å².